The first-order valence-electron chi connectivity index (χ1n) is 14.7. The molecule has 1 N–H and O–H groups in total. The Morgan fingerprint density at radius 1 is 0.976 bits per heavy atom. The third-order valence-corrected chi connectivity index (χ3v) is 9.06. The fraction of sp³-hybridized carbons (Fsp3) is 0.548. The summed E-state index contributed by atoms with van der Waals surface area (Å²) >= 11 is 12.5. The van der Waals surface area contributed by atoms with Crippen molar-refractivity contribution in [3.05, 3.63) is 63.6 Å². The van der Waals surface area contributed by atoms with Gasteiger partial charge in [0.05, 0.1) is 0 Å². The monoisotopic (exact) mass is 604 g/mol. The molecule has 3 amide bonds. The number of piperidine rings is 1. The number of benzene rings is 2. The van der Waals surface area contributed by atoms with Gasteiger partial charge in [-0.15, -0.1) is 0 Å². The molecule has 2 aromatic rings. The zero-order chi connectivity index (χ0) is 28.8. The van der Waals surface area contributed by atoms with Crippen molar-refractivity contribution in [2.75, 3.05) is 52.4 Å². The molecule has 3 aliphatic heterocycles. The fourth-order valence-corrected chi connectivity index (χ4v) is 6.61. The van der Waals surface area contributed by atoms with Crippen LogP contribution in [0, 0.1) is 0 Å². The lowest BCUT2D eigenvalue weighted by Gasteiger charge is -2.35. The van der Waals surface area contributed by atoms with E-state index < -0.39 is 12.2 Å². The molecule has 0 radical (unpaired) electrons. The number of rotatable bonds is 9. The van der Waals surface area contributed by atoms with Crippen LogP contribution in [0.15, 0.2) is 42.5 Å². The van der Waals surface area contributed by atoms with Crippen LogP contribution < -0.4 is 10.1 Å². The molecule has 0 aliphatic carbocycles. The first-order valence-corrected chi connectivity index (χ1v) is 15.5. The maximum Gasteiger partial charge on any atom is 0.318 e. The number of carbonyl (C=O) groups excluding carboxylic acids is 2. The predicted molar refractivity (Wildman–Crippen MR) is 160 cm³/mol. The Morgan fingerprint density at radius 3 is 2.44 bits per heavy atom. The van der Waals surface area contributed by atoms with Gasteiger partial charge in [-0.2, -0.15) is 0 Å². The Balaban J connectivity index is 1.21. The molecule has 2 atom stereocenters. The van der Waals surface area contributed by atoms with E-state index in [0.29, 0.717) is 68.8 Å². The van der Waals surface area contributed by atoms with Crippen molar-refractivity contribution in [3.63, 3.8) is 0 Å². The number of hydrogen-bond acceptors (Lipinski definition) is 4. The molecule has 0 bridgehead atoms. The number of likely N-dealkylation sites (tertiary alicyclic amines) is 3. The topological polar surface area (TPSA) is 65.1 Å². The van der Waals surface area contributed by atoms with Gasteiger partial charge in [-0.1, -0.05) is 47.5 Å². The maximum atomic E-state index is 13.8. The normalized spacial score (nSPS) is 20.8. The van der Waals surface area contributed by atoms with E-state index in [9.17, 15) is 14.0 Å². The molecule has 222 valence electrons. The number of halogens is 3. The van der Waals surface area contributed by atoms with Crippen LogP contribution in [0.1, 0.15) is 49.1 Å². The molecule has 3 fully saturated rings. The third kappa shape index (κ3) is 7.85. The highest BCUT2D eigenvalue weighted by Crippen LogP contribution is 2.34. The Morgan fingerprint density at radius 2 is 1.73 bits per heavy atom. The summed E-state index contributed by atoms with van der Waals surface area (Å²) in [5.74, 6) is 1.03. The molecule has 0 spiro atoms. The average molecular weight is 606 g/mol. The van der Waals surface area contributed by atoms with Gasteiger partial charge in [-0.25, -0.2) is 9.18 Å². The van der Waals surface area contributed by atoms with Crippen LogP contribution in [0.2, 0.25) is 10.0 Å². The molecule has 41 heavy (non-hydrogen) atoms. The number of alkyl halides is 1. The van der Waals surface area contributed by atoms with Gasteiger partial charge < -0.3 is 19.9 Å². The van der Waals surface area contributed by atoms with E-state index in [0.717, 1.165) is 49.1 Å². The highest BCUT2D eigenvalue weighted by atomic mass is 35.5. The second-order valence-electron chi connectivity index (χ2n) is 11.3. The Hall–Kier alpha value is -2.55. The number of amides is 3. The lowest BCUT2D eigenvalue weighted by molar-refractivity contribution is -0.134. The number of carbonyl (C=O) groups is 2. The number of ether oxygens (including phenoxy) is 1. The molecule has 3 saturated heterocycles. The van der Waals surface area contributed by atoms with Crippen molar-refractivity contribution in [1.29, 1.82) is 0 Å². The van der Waals surface area contributed by atoms with Gasteiger partial charge in [0.25, 0.3) is 0 Å². The summed E-state index contributed by atoms with van der Waals surface area (Å²) in [5.41, 5.74) is 1.92. The largest absolute Gasteiger partial charge is 0.492 e. The van der Waals surface area contributed by atoms with Crippen LogP contribution in [0.5, 0.6) is 5.75 Å². The van der Waals surface area contributed by atoms with Crippen molar-refractivity contribution in [2.45, 2.75) is 56.7 Å². The van der Waals surface area contributed by atoms with Gasteiger partial charge in [0.1, 0.15) is 24.6 Å². The summed E-state index contributed by atoms with van der Waals surface area (Å²) in [6, 6.07) is 12.4. The molecular weight excluding hydrogens is 566 g/mol. The van der Waals surface area contributed by atoms with E-state index >= 15 is 0 Å². The minimum Gasteiger partial charge on any atom is -0.492 e. The van der Waals surface area contributed by atoms with E-state index in [1.54, 1.807) is 17.0 Å². The van der Waals surface area contributed by atoms with Gasteiger partial charge in [0.15, 0.2) is 0 Å². The van der Waals surface area contributed by atoms with Crippen LogP contribution in [-0.2, 0) is 11.2 Å². The summed E-state index contributed by atoms with van der Waals surface area (Å²) in [7, 11) is 0. The van der Waals surface area contributed by atoms with Crippen molar-refractivity contribution in [3.8, 4) is 5.75 Å². The molecule has 0 unspecified atom stereocenters. The lowest BCUT2D eigenvalue weighted by atomic mass is 9.88. The molecule has 3 heterocycles. The summed E-state index contributed by atoms with van der Waals surface area (Å²) in [5, 5.41) is 4.01. The number of urea groups is 1. The zero-order valence-corrected chi connectivity index (χ0v) is 24.9. The second-order valence-corrected chi connectivity index (χ2v) is 12.2. The van der Waals surface area contributed by atoms with Gasteiger partial charge in [0.2, 0.25) is 5.91 Å². The van der Waals surface area contributed by atoms with E-state index in [2.05, 4.69) is 16.3 Å². The highest BCUT2D eigenvalue weighted by molar-refractivity contribution is 6.35. The van der Waals surface area contributed by atoms with Crippen molar-refractivity contribution >= 4 is 35.1 Å². The Kier molecular flexibility index (Phi) is 10.3. The van der Waals surface area contributed by atoms with Gasteiger partial charge in [-0.05, 0) is 67.3 Å². The van der Waals surface area contributed by atoms with Crippen molar-refractivity contribution in [1.82, 2.24) is 20.0 Å². The Labute approximate surface area is 251 Å². The summed E-state index contributed by atoms with van der Waals surface area (Å²) in [6.45, 7) is 5.09. The Bertz CT molecular complexity index is 1200. The SMILES string of the molecule is O=C(N[C@H](Cc1ccc(Cl)cc1Cl)C(=O)N1CCC(c2ccccc2OCCN2CC[C@H](F)C2)CC1)N1CCCC1. The lowest BCUT2D eigenvalue weighted by Crippen LogP contribution is -2.54. The smallest absolute Gasteiger partial charge is 0.318 e. The van der Waals surface area contributed by atoms with Crippen LogP contribution in [-0.4, -0.2) is 91.3 Å². The summed E-state index contributed by atoms with van der Waals surface area (Å²) in [6.07, 6.45) is 3.72. The minimum absolute atomic E-state index is 0.0941. The third-order valence-electron chi connectivity index (χ3n) is 8.47. The summed E-state index contributed by atoms with van der Waals surface area (Å²) < 4.78 is 19.7. The highest BCUT2D eigenvalue weighted by Gasteiger charge is 2.32. The maximum absolute atomic E-state index is 13.8. The van der Waals surface area contributed by atoms with Gasteiger partial charge >= 0.3 is 6.03 Å². The first kappa shape index (κ1) is 29.9. The van der Waals surface area contributed by atoms with Crippen LogP contribution in [0.25, 0.3) is 0 Å². The van der Waals surface area contributed by atoms with E-state index in [4.69, 9.17) is 27.9 Å². The molecule has 3 aliphatic rings. The fourth-order valence-electron chi connectivity index (χ4n) is 6.12. The molecule has 7 nitrogen and oxygen atoms in total. The van der Waals surface area contributed by atoms with Crippen LogP contribution >= 0.6 is 23.2 Å². The molecule has 0 saturated carbocycles. The first-order chi connectivity index (χ1) is 19.9. The molecule has 0 aromatic heterocycles. The van der Waals surface area contributed by atoms with Gasteiger partial charge in [0, 0.05) is 62.3 Å². The molecular formula is C31H39Cl2FN4O3. The van der Waals surface area contributed by atoms with Gasteiger partial charge in [-0.3, -0.25) is 9.69 Å². The van der Waals surface area contributed by atoms with Crippen LogP contribution in [0.4, 0.5) is 9.18 Å². The summed E-state index contributed by atoms with van der Waals surface area (Å²) in [4.78, 5) is 32.5. The number of hydrogen-bond donors (Lipinski definition) is 1. The quantitative estimate of drug-likeness (QED) is 0.408. The van der Waals surface area contributed by atoms with Crippen molar-refractivity contribution < 1.29 is 18.7 Å². The predicted octanol–water partition coefficient (Wildman–Crippen LogP) is 5.54. The standard InChI is InChI=1S/C31H39Cl2FN4O3/c32-24-8-7-23(27(33)20-24)19-28(35-31(40)38-12-3-4-13-38)30(39)37-15-9-22(10-16-37)26-5-1-2-6-29(26)41-18-17-36-14-11-25(34)21-36/h1-2,5-8,20,22,25,28H,3-4,9-19,21H2,(H,35,40)/t25-,28+/m0/s1. The molecule has 2 aromatic carbocycles. The average Bonchev–Trinajstić information content (AvgIpc) is 3.66. The second kappa shape index (κ2) is 14.1. The van der Waals surface area contributed by atoms with E-state index in [1.165, 1.54) is 0 Å². The number of para-hydroxylation sites is 1. The van der Waals surface area contributed by atoms with E-state index in [-0.39, 0.29) is 17.9 Å². The number of nitrogens with one attached hydrogen (secondary N) is 1. The van der Waals surface area contributed by atoms with Crippen molar-refractivity contribution in [2.24, 2.45) is 0 Å². The number of nitrogens with zero attached hydrogens (tertiary/aromatic N) is 3. The minimum atomic E-state index is -0.730. The van der Waals surface area contributed by atoms with E-state index in [1.807, 2.05) is 29.2 Å². The molecule has 5 rings (SSSR count). The molecule has 10 heteroatoms. The zero-order valence-electron chi connectivity index (χ0n) is 23.4. The van der Waals surface area contributed by atoms with Crippen LogP contribution in [0.3, 0.4) is 0 Å².